The van der Waals surface area contributed by atoms with E-state index in [1.165, 1.54) is 43.4 Å². The summed E-state index contributed by atoms with van der Waals surface area (Å²) in [6, 6.07) is 0.317. The highest BCUT2D eigenvalue weighted by molar-refractivity contribution is 7.13. The molecule has 5 nitrogen and oxygen atoms in total. The highest BCUT2D eigenvalue weighted by Gasteiger charge is 2.28. The standard InChI is InChI=1S/C17H24N4OS/c1-3-4-6-12-7-5-8-14(12)19-16(22)15-11-23-17(20-15)13-9-18-21(2)10-13/h9-12,14H,3-8H2,1-2H3,(H,19,22). The Bertz CT molecular complexity index is 663. The predicted molar refractivity (Wildman–Crippen MR) is 92.4 cm³/mol. The molecule has 2 heterocycles. The summed E-state index contributed by atoms with van der Waals surface area (Å²) in [4.78, 5) is 17.0. The molecule has 2 aromatic rings. The van der Waals surface area contributed by atoms with Crippen molar-refractivity contribution in [2.45, 2.75) is 51.5 Å². The Morgan fingerprint density at radius 3 is 3.09 bits per heavy atom. The topological polar surface area (TPSA) is 59.8 Å². The number of hydrogen-bond donors (Lipinski definition) is 1. The molecule has 124 valence electrons. The van der Waals surface area contributed by atoms with Crippen LogP contribution >= 0.6 is 11.3 Å². The van der Waals surface area contributed by atoms with Crippen molar-refractivity contribution in [3.05, 3.63) is 23.5 Å². The van der Waals surface area contributed by atoms with E-state index in [4.69, 9.17) is 0 Å². The third-order valence-electron chi connectivity index (χ3n) is 4.59. The van der Waals surface area contributed by atoms with Crippen LogP contribution in [0.25, 0.3) is 10.6 Å². The lowest BCUT2D eigenvalue weighted by atomic mass is 9.97. The van der Waals surface area contributed by atoms with Gasteiger partial charge >= 0.3 is 0 Å². The van der Waals surface area contributed by atoms with Crippen molar-refractivity contribution in [1.29, 1.82) is 0 Å². The molecule has 23 heavy (non-hydrogen) atoms. The Balaban J connectivity index is 1.63. The molecule has 0 spiro atoms. The van der Waals surface area contributed by atoms with E-state index in [1.54, 1.807) is 10.9 Å². The van der Waals surface area contributed by atoms with Crippen molar-refractivity contribution < 1.29 is 4.79 Å². The first-order valence-electron chi connectivity index (χ1n) is 8.42. The SMILES string of the molecule is CCCCC1CCCC1NC(=O)c1csc(-c2cnn(C)c2)n1. The van der Waals surface area contributed by atoms with Gasteiger partial charge in [-0.1, -0.05) is 26.2 Å². The van der Waals surface area contributed by atoms with E-state index in [2.05, 4.69) is 22.3 Å². The van der Waals surface area contributed by atoms with Crippen molar-refractivity contribution >= 4 is 17.2 Å². The molecule has 1 fully saturated rings. The van der Waals surface area contributed by atoms with Crippen LogP contribution in [0.15, 0.2) is 17.8 Å². The number of amides is 1. The molecule has 0 aliphatic heterocycles. The summed E-state index contributed by atoms with van der Waals surface area (Å²) in [7, 11) is 1.88. The van der Waals surface area contributed by atoms with Crippen LogP contribution in [0.4, 0.5) is 0 Å². The zero-order valence-corrected chi connectivity index (χ0v) is 14.6. The highest BCUT2D eigenvalue weighted by atomic mass is 32.1. The van der Waals surface area contributed by atoms with Gasteiger partial charge < -0.3 is 5.32 Å². The van der Waals surface area contributed by atoms with Crippen LogP contribution in [0.1, 0.15) is 55.9 Å². The van der Waals surface area contributed by atoms with Gasteiger partial charge in [0.25, 0.3) is 5.91 Å². The third-order valence-corrected chi connectivity index (χ3v) is 5.48. The Labute approximate surface area is 141 Å². The van der Waals surface area contributed by atoms with Crippen LogP contribution in [-0.2, 0) is 7.05 Å². The molecule has 0 bridgehead atoms. The molecular formula is C17H24N4OS. The summed E-state index contributed by atoms with van der Waals surface area (Å²) in [5.41, 5.74) is 1.48. The zero-order valence-electron chi connectivity index (χ0n) is 13.8. The Morgan fingerprint density at radius 2 is 2.35 bits per heavy atom. The fourth-order valence-electron chi connectivity index (χ4n) is 3.32. The highest BCUT2D eigenvalue weighted by Crippen LogP contribution is 2.30. The van der Waals surface area contributed by atoms with Crippen molar-refractivity contribution in [2.75, 3.05) is 0 Å². The first-order valence-corrected chi connectivity index (χ1v) is 9.30. The van der Waals surface area contributed by atoms with Gasteiger partial charge in [0.05, 0.1) is 6.20 Å². The fourth-order valence-corrected chi connectivity index (χ4v) is 4.10. The number of carbonyl (C=O) groups is 1. The van der Waals surface area contributed by atoms with Crippen molar-refractivity contribution in [3.63, 3.8) is 0 Å². The van der Waals surface area contributed by atoms with Gasteiger partial charge in [-0.15, -0.1) is 11.3 Å². The van der Waals surface area contributed by atoms with E-state index in [0.29, 0.717) is 17.7 Å². The lowest BCUT2D eigenvalue weighted by Crippen LogP contribution is -2.37. The molecule has 0 saturated heterocycles. The number of nitrogens with one attached hydrogen (secondary N) is 1. The summed E-state index contributed by atoms with van der Waals surface area (Å²) in [5.74, 6) is 0.597. The maximum Gasteiger partial charge on any atom is 0.271 e. The van der Waals surface area contributed by atoms with Gasteiger partial charge in [-0.2, -0.15) is 5.10 Å². The second kappa shape index (κ2) is 7.25. The minimum atomic E-state index is -0.0372. The summed E-state index contributed by atoms with van der Waals surface area (Å²) in [5, 5.41) is 10.0. The number of unbranched alkanes of at least 4 members (excludes halogenated alkanes) is 1. The molecule has 0 aromatic carbocycles. The number of carbonyl (C=O) groups excluding carboxylic acids is 1. The van der Waals surface area contributed by atoms with E-state index in [1.807, 2.05) is 18.6 Å². The fraction of sp³-hybridized carbons (Fsp3) is 0.588. The monoisotopic (exact) mass is 332 g/mol. The van der Waals surface area contributed by atoms with Crippen LogP contribution in [0.3, 0.4) is 0 Å². The first-order chi connectivity index (χ1) is 11.2. The van der Waals surface area contributed by atoms with E-state index in [9.17, 15) is 4.79 Å². The smallest absolute Gasteiger partial charge is 0.271 e. The molecule has 3 rings (SSSR count). The largest absolute Gasteiger partial charge is 0.348 e. The van der Waals surface area contributed by atoms with Gasteiger partial charge in [-0.25, -0.2) is 4.98 Å². The normalized spacial score (nSPS) is 20.8. The third kappa shape index (κ3) is 3.80. The van der Waals surface area contributed by atoms with Gasteiger partial charge in [-0.05, 0) is 25.2 Å². The van der Waals surface area contributed by atoms with Crippen LogP contribution in [0.2, 0.25) is 0 Å². The first kappa shape index (κ1) is 16.2. The molecule has 1 amide bonds. The van der Waals surface area contributed by atoms with Crippen LogP contribution in [0, 0.1) is 5.92 Å². The van der Waals surface area contributed by atoms with Crippen molar-refractivity contribution in [1.82, 2.24) is 20.1 Å². The van der Waals surface area contributed by atoms with Gasteiger partial charge in [0.15, 0.2) is 0 Å². The van der Waals surface area contributed by atoms with E-state index in [0.717, 1.165) is 17.0 Å². The minimum absolute atomic E-state index is 0.0372. The maximum absolute atomic E-state index is 12.5. The average molecular weight is 332 g/mol. The quantitative estimate of drug-likeness (QED) is 0.878. The van der Waals surface area contributed by atoms with Crippen LogP contribution < -0.4 is 5.32 Å². The van der Waals surface area contributed by atoms with Crippen molar-refractivity contribution in [2.24, 2.45) is 13.0 Å². The number of nitrogens with zero attached hydrogens (tertiary/aromatic N) is 3. The molecule has 2 atom stereocenters. The number of thiazole rings is 1. The zero-order chi connectivity index (χ0) is 16.2. The van der Waals surface area contributed by atoms with Crippen LogP contribution in [-0.4, -0.2) is 26.7 Å². The number of rotatable bonds is 6. The molecule has 2 aromatic heterocycles. The second-order valence-corrected chi connectivity index (χ2v) is 7.21. The average Bonchev–Trinajstić information content (AvgIpc) is 3.25. The molecule has 0 radical (unpaired) electrons. The molecule has 1 aliphatic carbocycles. The Morgan fingerprint density at radius 1 is 1.48 bits per heavy atom. The number of aromatic nitrogens is 3. The predicted octanol–water partition coefficient (Wildman–Crippen LogP) is 3.63. The maximum atomic E-state index is 12.5. The number of hydrogen-bond acceptors (Lipinski definition) is 4. The van der Waals surface area contributed by atoms with Crippen molar-refractivity contribution in [3.8, 4) is 10.6 Å². The number of aryl methyl sites for hydroxylation is 1. The van der Waals surface area contributed by atoms with Gasteiger partial charge in [0, 0.05) is 30.2 Å². The van der Waals surface area contributed by atoms with Gasteiger partial charge in [-0.3, -0.25) is 9.48 Å². The second-order valence-electron chi connectivity index (χ2n) is 6.35. The molecule has 6 heteroatoms. The lowest BCUT2D eigenvalue weighted by Gasteiger charge is -2.20. The molecule has 1 saturated carbocycles. The summed E-state index contributed by atoms with van der Waals surface area (Å²) >= 11 is 1.49. The van der Waals surface area contributed by atoms with E-state index >= 15 is 0 Å². The molecule has 1 N–H and O–H groups in total. The lowest BCUT2D eigenvalue weighted by molar-refractivity contribution is 0.0922. The summed E-state index contributed by atoms with van der Waals surface area (Å²) in [6.45, 7) is 2.22. The Kier molecular flexibility index (Phi) is 5.10. The minimum Gasteiger partial charge on any atom is -0.348 e. The van der Waals surface area contributed by atoms with E-state index in [-0.39, 0.29) is 5.91 Å². The Hall–Kier alpha value is -1.69. The molecule has 2 unspecified atom stereocenters. The summed E-state index contributed by atoms with van der Waals surface area (Å²) < 4.78 is 1.74. The van der Waals surface area contributed by atoms with E-state index < -0.39 is 0 Å². The van der Waals surface area contributed by atoms with Crippen LogP contribution in [0.5, 0.6) is 0 Å². The molecular weight excluding hydrogens is 308 g/mol. The van der Waals surface area contributed by atoms with Gasteiger partial charge in [0.2, 0.25) is 0 Å². The summed E-state index contributed by atoms with van der Waals surface area (Å²) in [6.07, 6.45) is 10.9. The van der Waals surface area contributed by atoms with Gasteiger partial charge in [0.1, 0.15) is 10.7 Å². The molecule has 1 aliphatic rings.